The fraction of sp³-hybridized carbons (Fsp3) is 0.333. The number of carbonyl (C=O) groups is 1. The van der Waals surface area contributed by atoms with Crippen LogP contribution in [-0.4, -0.2) is 38.8 Å². The summed E-state index contributed by atoms with van der Waals surface area (Å²) in [4.78, 5) is 13.8. The van der Waals surface area contributed by atoms with Crippen molar-refractivity contribution in [2.75, 3.05) is 6.54 Å². The summed E-state index contributed by atoms with van der Waals surface area (Å²) in [6.07, 6.45) is 1.04. The Morgan fingerprint density at radius 3 is 2.95 bits per heavy atom. The van der Waals surface area contributed by atoms with Crippen LogP contribution in [0.15, 0.2) is 30.5 Å². The second kappa shape index (κ2) is 5.84. The second-order valence-electron chi connectivity index (χ2n) is 5.38. The van der Waals surface area contributed by atoms with Crippen molar-refractivity contribution in [1.82, 2.24) is 15.1 Å². The molecule has 2 unspecified atom stereocenters. The van der Waals surface area contributed by atoms with E-state index in [-0.39, 0.29) is 30.9 Å². The Bertz CT molecular complexity index is 675. The van der Waals surface area contributed by atoms with Crippen LogP contribution >= 0.6 is 0 Å². The number of hydrogen-bond acceptors (Lipinski definition) is 3. The number of hydrogen-bond donors (Lipinski definition) is 2. The quantitative estimate of drug-likeness (QED) is 0.904. The van der Waals surface area contributed by atoms with Gasteiger partial charge in [-0.1, -0.05) is 0 Å². The van der Waals surface area contributed by atoms with Crippen molar-refractivity contribution in [1.29, 1.82) is 0 Å². The molecule has 22 heavy (non-hydrogen) atoms. The van der Waals surface area contributed by atoms with Gasteiger partial charge >= 0.3 is 0 Å². The number of halogens is 2. The number of β-amino-alcohol motifs (C(OH)–C–C–N with tert-alkyl or cyclic N) is 1. The Hall–Kier alpha value is -2.28. The third-order valence-corrected chi connectivity index (χ3v) is 3.82. The first-order valence-corrected chi connectivity index (χ1v) is 6.95. The molecule has 1 aromatic heterocycles. The first-order chi connectivity index (χ1) is 10.5. The van der Waals surface area contributed by atoms with Gasteiger partial charge in [0.15, 0.2) is 0 Å². The summed E-state index contributed by atoms with van der Waals surface area (Å²) in [5.41, 5.74) is 0.722. The van der Waals surface area contributed by atoms with Gasteiger partial charge in [0.25, 0.3) is 0 Å². The van der Waals surface area contributed by atoms with E-state index in [9.17, 15) is 18.7 Å². The highest BCUT2D eigenvalue weighted by molar-refractivity contribution is 5.79. The normalized spacial score (nSPS) is 21.3. The fourth-order valence-corrected chi connectivity index (χ4v) is 2.80. The first kappa shape index (κ1) is 14.6. The SMILES string of the molecule is O=C(Cc1ccn[nH]1)N1CC(O)CC1c1cc(F)ccc1F. The Labute approximate surface area is 125 Å². The van der Waals surface area contributed by atoms with Gasteiger partial charge in [-0.05, 0) is 30.7 Å². The maximum absolute atomic E-state index is 14.0. The number of H-pyrrole nitrogens is 1. The van der Waals surface area contributed by atoms with Crippen LogP contribution in [0, 0.1) is 11.6 Å². The van der Waals surface area contributed by atoms with Crippen molar-refractivity contribution in [3.05, 3.63) is 53.4 Å². The summed E-state index contributed by atoms with van der Waals surface area (Å²) >= 11 is 0. The highest BCUT2D eigenvalue weighted by Gasteiger charge is 2.36. The third-order valence-electron chi connectivity index (χ3n) is 3.82. The van der Waals surface area contributed by atoms with Gasteiger partial charge in [-0.15, -0.1) is 0 Å². The van der Waals surface area contributed by atoms with Crippen LogP contribution in [0.25, 0.3) is 0 Å². The van der Waals surface area contributed by atoms with Gasteiger partial charge in [0.2, 0.25) is 5.91 Å². The summed E-state index contributed by atoms with van der Waals surface area (Å²) in [6.45, 7) is 0.105. The third kappa shape index (κ3) is 2.85. The van der Waals surface area contributed by atoms with E-state index in [1.807, 2.05) is 0 Å². The van der Waals surface area contributed by atoms with E-state index >= 15 is 0 Å². The van der Waals surface area contributed by atoms with E-state index in [0.717, 1.165) is 18.2 Å². The van der Waals surface area contributed by atoms with Crippen molar-refractivity contribution < 1.29 is 18.7 Å². The van der Waals surface area contributed by atoms with Crippen LogP contribution in [0.4, 0.5) is 8.78 Å². The van der Waals surface area contributed by atoms with E-state index in [2.05, 4.69) is 10.2 Å². The maximum Gasteiger partial charge on any atom is 0.229 e. The topological polar surface area (TPSA) is 69.2 Å². The van der Waals surface area contributed by atoms with Crippen LogP contribution in [0.2, 0.25) is 0 Å². The maximum atomic E-state index is 14.0. The molecule has 0 spiro atoms. The van der Waals surface area contributed by atoms with Crippen LogP contribution in [0.3, 0.4) is 0 Å². The van der Waals surface area contributed by atoms with Gasteiger partial charge in [0.1, 0.15) is 11.6 Å². The summed E-state index contributed by atoms with van der Waals surface area (Å²) in [6, 6.07) is 4.14. The molecule has 7 heteroatoms. The average molecular weight is 307 g/mol. The zero-order valence-electron chi connectivity index (χ0n) is 11.7. The lowest BCUT2D eigenvalue weighted by atomic mass is 10.0. The lowest BCUT2D eigenvalue weighted by molar-refractivity contribution is -0.131. The van der Waals surface area contributed by atoms with Crippen LogP contribution in [0.1, 0.15) is 23.7 Å². The predicted molar refractivity (Wildman–Crippen MR) is 73.7 cm³/mol. The minimum absolute atomic E-state index is 0.0696. The number of aliphatic hydroxyl groups is 1. The summed E-state index contributed by atoms with van der Waals surface area (Å²) in [5.74, 6) is -1.42. The molecule has 5 nitrogen and oxygen atoms in total. The molecule has 1 saturated heterocycles. The molecule has 116 valence electrons. The molecule has 1 aromatic carbocycles. The van der Waals surface area contributed by atoms with Crippen molar-refractivity contribution in [3.8, 4) is 0 Å². The van der Waals surface area contributed by atoms with Gasteiger partial charge in [-0.3, -0.25) is 9.89 Å². The number of nitrogens with zero attached hydrogens (tertiary/aromatic N) is 2. The minimum Gasteiger partial charge on any atom is -0.391 e. The monoisotopic (exact) mass is 307 g/mol. The highest BCUT2D eigenvalue weighted by atomic mass is 19.1. The molecule has 1 amide bonds. The van der Waals surface area contributed by atoms with E-state index in [1.54, 1.807) is 6.07 Å². The predicted octanol–water partition coefficient (Wildman–Crippen LogP) is 1.56. The number of amides is 1. The van der Waals surface area contributed by atoms with E-state index in [0.29, 0.717) is 5.69 Å². The summed E-state index contributed by atoms with van der Waals surface area (Å²) in [7, 11) is 0. The molecule has 1 aliphatic rings. The molecule has 0 saturated carbocycles. The van der Waals surface area contributed by atoms with Crippen molar-refractivity contribution in [2.45, 2.75) is 25.0 Å². The zero-order chi connectivity index (χ0) is 15.7. The van der Waals surface area contributed by atoms with Gasteiger partial charge in [0, 0.05) is 24.0 Å². The molecular weight excluding hydrogens is 292 g/mol. The summed E-state index contributed by atoms with van der Waals surface area (Å²) in [5, 5.41) is 16.3. The number of rotatable bonds is 3. The number of nitrogens with one attached hydrogen (secondary N) is 1. The Balaban J connectivity index is 1.85. The number of benzene rings is 1. The van der Waals surface area contributed by atoms with Gasteiger partial charge in [0.05, 0.1) is 18.6 Å². The number of aromatic amines is 1. The summed E-state index contributed by atoms with van der Waals surface area (Å²) < 4.78 is 27.3. The molecule has 0 radical (unpaired) electrons. The second-order valence-corrected chi connectivity index (χ2v) is 5.38. The van der Waals surface area contributed by atoms with E-state index < -0.39 is 23.8 Å². The van der Waals surface area contributed by atoms with E-state index in [1.165, 1.54) is 11.1 Å². The standard InChI is InChI=1S/C15H15F2N3O2/c16-9-1-2-13(17)12(5-9)14-7-11(21)8-20(14)15(22)6-10-3-4-18-19-10/h1-5,11,14,21H,6-8H2,(H,18,19). The number of aromatic nitrogens is 2. The molecule has 2 atom stereocenters. The van der Waals surface area contributed by atoms with Crippen molar-refractivity contribution >= 4 is 5.91 Å². The van der Waals surface area contributed by atoms with Crippen LogP contribution in [-0.2, 0) is 11.2 Å². The van der Waals surface area contributed by atoms with Crippen LogP contribution in [0.5, 0.6) is 0 Å². The van der Waals surface area contributed by atoms with Crippen molar-refractivity contribution in [2.24, 2.45) is 0 Å². The average Bonchev–Trinajstić information content (AvgIpc) is 3.11. The van der Waals surface area contributed by atoms with Gasteiger partial charge in [-0.2, -0.15) is 5.10 Å². The largest absolute Gasteiger partial charge is 0.391 e. The lowest BCUT2D eigenvalue weighted by Gasteiger charge is -2.25. The van der Waals surface area contributed by atoms with E-state index in [4.69, 9.17) is 0 Å². The molecular formula is C15H15F2N3O2. The first-order valence-electron chi connectivity index (χ1n) is 6.95. The Morgan fingerprint density at radius 1 is 1.41 bits per heavy atom. The Kier molecular flexibility index (Phi) is 3.89. The number of aliphatic hydroxyl groups excluding tert-OH is 1. The van der Waals surface area contributed by atoms with Crippen LogP contribution < -0.4 is 0 Å². The van der Waals surface area contributed by atoms with Gasteiger partial charge in [-0.25, -0.2) is 8.78 Å². The lowest BCUT2D eigenvalue weighted by Crippen LogP contribution is -2.33. The fourth-order valence-electron chi connectivity index (χ4n) is 2.80. The molecule has 0 aliphatic carbocycles. The zero-order valence-corrected chi connectivity index (χ0v) is 11.7. The molecule has 3 rings (SSSR count). The smallest absolute Gasteiger partial charge is 0.229 e. The molecule has 2 aromatic rings. The minimum atomic E-state index is -0.751. The Morgan fingerprint density at radius 2 is 2.23 bits per heavy atom. The number of likely N-dealkylation sites (tertiary alicyclic amines) is 1. The molecule has 1 fully saturated rings. The van der Waals surface area contributed by atoms with Gasteiger partial charge < -0.3 is 10.0 Å². The molecule has 2 heterocycles. The molecule has 2 N–H and O–H groups in total. The van der Waals surface area contributed by atoms with Crippen molar-refractivity contribution in [3.63, 3.8) is 0 Å². The molecule has 0 bridgehead atoms. The number of carbonyl (C=O) groups excluding carboxylic acids is 1. The highest BCUT2D eigenvalue weighted by Crippen LogP contribution is 2.34. The molecule has 1 aliphatic heterocycles.